The van der Waals surface area contributed by atoms with Crippen LogP contribution in [0.5, 0.6) is 0 Å². The Morgan fingerprint density at radius 1 is 0.281 bits per heavy atom. The first-order valence-corrected chi connectivity index (χ1v) is 19.3. The molecule has 0 aliphatic heterocycles. The molecule has 0 aliphatic rings. The van der Waals surface area contributed by atoms with Gasteiger partial charge in [0, 0.05) is 27.5 Å². The highest BCUT2D eigenvalue weighted by Crippen LogP contribution is 2.38. The number of fused-ring (bicyclic) bond motifs is 5. The third-order valence-electron chi connectivity index (χ3n) is 11.1. The molecule has 11 rings (SSSR count). The van der Waals surface area contributed by atoms with Gasteiger partial charge in [0.15, 0.2) is 5.82 Å². The zero-order valence-electron chi connectivity index (χ0n) is 30.9. The summed E-state index contributed by atoms with van der Waals surface area (Å²) in [4.78, 5) is 10.5. The summed E-state index contributed by atoms with van der Waals surface area (Å²) in [6, 6.07) is 73.0. The molecular formula is C54H34N2O. The first-order chi connectivity index (χ1) is 28.2. The van der Waals surface area contributed by atoms with Gasteiger partial charge in [0.25, 0.3) is 0 Å². The zero-order valence-corrected chi connectivity index (χ0v) is 30.9. The van der Waals surface area contributed by atoms with Crippen molar-refractivity contribution in [3.8, 4) is 67.3 Å². The SMILES string of the molecule is c1ccc(-c2nc(-c3ccc(-c4cccc5ccccc45)cc3)cc(-c3cc(-c4ccc5ccccc5c4)cc(-c4ccc5oc6ccccc6c5c4)c3)n2)cc1. The third kappa shape index (κ3) is 6.03. The van der Waals surface area contributed by atoms with Crippen molar-refractivity contribution in [3.05, 3.63) is 206 Å². The van der Waals surface area contributed by atoms with E-state index in [1.165, 1.54) is 32.7 Å². The number of aromatic nitrogens is 2. The molecule has 0 N–H and O–H groups in total. The monoisotopic (exact) mass is 726 g/mol. The summed E-state index contributed by atoms with van der Waals surface area (Å²) in [6.07, 6.45) is 0. The van der Waals surface area contributed by atoms with Crippen molar-refractivity contribution in [2.75, 3.05) is 0 Å². The fourth-order valence-electron chi connectivity index (χ4n) is 8.14. The molecule has 0 unspecified atom stereocenters. The largest absolute Gasteiger partial charge is 0.456 e. The van der Waals surface area contributed by atoms with Crippen molar-refractivity contribution in [1.82, 2.24) is 9.97 Å². The maximum absolute atomic E-state index is 6.22. The number of benzene rings is 9. The van der Waals surface area contributed by atoms with Crippen LogP contribution in [0.1, 0.15) is 0 Å². The molecule has 3 heteroatoms. The van der Waals surface area contributed by atoms with Gasteiger partial charge in [-0.3, -0.25) is 0 Å². The van der Waals surface area contributed by atoms with Gasteiger partial charge in [-0.2, -0.15) is 0 Å². The molecule has 57 heavy (non-hydrogen) atoms. The van der Waals surface area contributed by atoms with E-state index >= 15 is 0 Å². The second-order valence-electron chi connectivity index (χ2n) is 14.6. The van der Waals surface area contributed by atoms with Crippen LogP contribution in [0.2, 0.25) is 0 Å². The van der Waals surface area contributed by atoms with E-state index < -0.39 is 0 Å². The van der Waals surface area contributed by atoms with Crippen LogP contribution in [0.15, 0.2) is 211 Å². The lowest BCUT2D eigenvalue weighted by Gasteiger charge is -2.14. The molecule has 266 valence electrons. The van der Waals surface area contributed by atoms with Crippen molar-refractivity contribution >= 4 is 43.5 Å². The Balaban J connectivity index is 1.09. The van der Waals surface area contributed by atoms with Gasteiger partial charge in [0.05, 0.1) is 11.4 Å². The number of hydrogen-bond donors (Lipinski definition) is 0. The maximum atomic E-state index is 6.22. The molecule has 0 spiro atoms. The Hall–Kier alpha value is -7.62. The second-order valence-corrected chi connectivity index (χ2v) is 14.6. The number of para-hydroxylation sites is 1. The Morgan fingerprint density at radius 2 is 0.860 bits per heavy atom. The summed E-state index contributed by atoms with van der Waals surface area (Å²) in [6.45, 7) is 0. The molecule has 2 aromatic heterocycles. The van der Waals surface area contributed by atoms with E-state index in [0.29, 0.717) is 5.82 Å². The minimum atomic E-state index is 0.685. The zero-order chi connectivity index (χ0) is 37.7. The number of furan rings is 1. The number of rotatable bonds is 6. The molecule has 2 heterocycles. The second kappa shape index (κ2) is 13.6. The van der Waals surface area contributed by atoms with Crippen LogP contribution in [-0.4, -0.2) is 9.97 Å². The van der Waals surface area contributed by atoms with Crippen molar-refractivity contribution < 1.29 is 4.42 Å². The predicted octanol–water partition coefficient (Wildman–Crippen LogP) is 14.7. The van der Waals surface area contributed by atoms with Gasteiger partial charge in [0.2, 0.25) is 0 Å². The van der Waals surface area contributed by atoms with Crippen LogP contribution >= 0.6 is 0 Å². The van der Waals surface area contributed by atoms with E-state index in [-0.39, 0.29) is 0 Å². The molecule has 0 aliphatic carbocycles. The van der Waals surface area contributed by atoms with E-state index in [0.717, 1.165) is 72.3 Å². The molecule has 0 amide bonds. The lowest BCUT2D eigenvalue weighted by Crippen LogP contribution is -1.96. The number of nitrogens with zero attached hydrogens (tertiary/aromatic N) is 2. The summed E-state index contributed by atoms with van der Waals surface area (Å²) in [7, 11) is 0. The first kappa shape index (κ1) is 32.8. The molecular weight excluding hydrogens is 693 g/mol. The summed E-state index contributed by atoms with van der Waals surface area (Å²) in [5, 5.41) is 7.11. The van der Waals surface area contributed by atoms with E-state index in [1.54, 1.807) is 0 Å². The fraction of sp³-hybridized carbons (Fsp3) is 0. The van der Waals surface area contributed by atoms with Gasteiger partial charge in [-0.25, -0.2) is 9.97 Å². The van der Waals surface area contributed by atoms with Crippen molar-refractivity contribution in [2.45, 2.75) is 0 Å². The van der Waals surface area contributed by atoms with Crippen LogP contribution in [0.3, 0.4) is 0 Å². The lowest BCUT2D eigenvalue weighted by molar-refractivity contribution is 0.669. The van der Waals surface area contributed by atoms with E-state index in [1.807, 2.05) is 30.3 Å². The summed E-state index contributed by atoms with van der Waals surface area (Å²) >= 11 is 0. The molecule has 11 aromatic rings. The summed E-state index contributed by atoms with van der Waals surface area (Å²) < 4.78 is 6.22. The van der Waals surface area contributed by atoms with Gasteiger partial charge in [-0.1, -0.05) is 158 Å². The van der Waals surface area contributed by atoms with E-state index in [4.69, 9.17) is 14.4 Å². The highest BCUT2D eigenvalue weighted by atomic mass is 16.3. The van der Waals surface area contributed by atoms with Crippen molar-refractivity contribution in [1.29, 1.82) is 0 Å². The minimum absolute atomic E-state index is 0.685. The highest BCUT2D eigenvalue weighted by Gasteiger charge is 2.16. The standard InChI is InChI=1S/C54H34N2O/c1-2-13-39(14-3-1)54-55-50(38-24-22-37(23-25-38)47-19-10-16-36-12-6-7-17-46(36)47)34-51(56-54)45-31-43(41-26-21-35-11-4-5-15-40(35)29-41)30-44(32-45)42-27-28-53-49(33-42)48-18-8-9-20-52(48)57-53/h1-34H. The maximum Gasteiger partial charge on any atom is 0.160 e. The molecule has 9 aromatic carbocycles. The normalized spacial score (nSPS) is 11.5. The number of hydrogen-bond acceptors (Lipinski definition) is 3. The Bertz CT molecular complexity index is 3280. The van der Waals surface area contributed by atoms with E-state index in [2.05, 4.69) is 176 Å². The Labute approximate surface area is 330 Å². The third-order valence-corrected chi connectivity index (χ3v) is 11.1. The van der Waals surface area contributed by atoms with Crippen LogP contribution in [0.25, 0.3) is 111 Å². The highest BCUT2D eigenvalue weighted by molar-refractivity contribution is 6.06. The molecule has 0 fully saturated rings. The first-order valence-electron chi connectivity index (χ1n) is 19.3. The molecule has 0 radical (unpaired) electrons. The lowest BCUT2D eigenvalue weighted by atomic mass is 9.93. The van der Waals surface area contributed by atoms with Gasteiger partial charge in [0.1, 0.15) is 11.2 Å². The topological polar surface area (TPSA) is 38.9 Å². The molecule has 0 saturated heterocycles. The summed E-state index contributed by atoms with van der Waals surface area (Å²) in [5.74, 6) is 0.685. The quantitative estimate of drug-likeness (QED) is 0.171. The summed E-state index contributed by atoms with van der Waals surface area (Å²) in [5.41, 5.74) is 13.4. The van der Waals surface area contributed by atoms with Crippen molar-refractivity contribution in [2.24, 2.45) is 0 Å². The Morgan fingerprint density at radius 3 is 1.68 bits per heavy atom. The van der Waals surface area contributed by atoms with Gasteiger partial charge < -0.3 is 4.42 Å². The van der Waals surface area contributed by atoms with Crippen LogP contribution in [0.4, 0.5) is 0 Å². The van der Waals surface area contributed by atoms with Crippen LogP contribution < -0.4 is 0 Å². The van der Waals surface area contributed by atoms with Crippen LogP contribution in [-0.2, 0) is 0 Å². The van der Waals surface area contributed by atoms with Crippen LogP contribution in [0, 0.1) is 0 Å². The average Bonchev–Trinajstić information content (AvgIpc) is 3.67. The fourth-order valence-corrected chi connectivity index (χ4v) is 8.14. The minimum Gasteiger partial charge on any atom is -0.456 e. The predicted molar refractivity (Wildman–Crippen MR) is 237 cm³/mol. The van der Waals surface area contributed by atoms with Gasteiger partial charge in [-0.05, 0) is 103 Å². The molecule has 3 nitrogen and oxygen atoms in total. The van der Waals surface area contributed by atoms with Gasteiger partial charge >= 0.3 is 0 Å². The smallest absolute Gasteiger partial charge is 0.160 e. The van der Waals surface area contributed by atoms with Crippen molar-refractivity contribution in [3.63, 3.8) is 0 Å². The van der Waals surface area contributed by atoms with Gasteiger partial charge in [-0.15, -0.1) is 0 Å². The molecule has 0 bridgehead atoms. The molecule has 0 atom stereocenters. The Kier molecular flexibility index (Phi) is 7.82. The average molecular weight is 727 g/mol. The molecule has 0 saturated carbocycles. The van der Waals surface area contributed by atoms with E-state index in [9.17, 15) is 0 Å².